The predicted molar refractivity (Wildman–Crippen MR) is 70.5 cm³/mol. The summed E-state index contributed by atoms with van der Waals surface area (Å²) < 4.78 is 0. The Bertz CT molecular complexity index is 456. The van der Waals surface area contributed by atoms with E-state index in [9.17, 15) is 0 Å². The van der Waals surface area contributed by atoms with E-state index in [2.05, 4.69) is 32.5 Å². The summed E-state index contributed by atoms with van der Waals surface area (Å²) in [5, 5.41) is 7.23. The summed E-state index contributed by atoms with van der Waals surface area (Å²) in [6, 6.07) is 2.08. The Hall–Kier alpha value is -1.69. The van der Waals surface area contributed by atoms with Gasteiger partial charge in [0, 0.05) is 43.0 Å². The molecule has 0 amide bonds. The lowest BCUT2D eigenvalue weighted by Crippen LogP contribution is -2.19. The first-order chi connectivity index (χ1) is 8.28. The molecule has 0 aliphatic rings. The van der Waals surface area contributed by atoms with Gasteiger partial charge in [-0.15, -0.1) is 11.3 Å². The summed E-state index contributed by atoms with van der Waals surface area (Å²) in [6.45, 7) is 2.11. The van der Waals surface area contributed by atoms with Crippen LogP contribution in [0.25, 0.3) is 0 Å². The molecule has 2 rings (SSSR count). The second-order valence-electron chi connectivity index (χ2n) is 3.70. The van der Waals surface area contributed by atoms with Gasteiger partial charge in [0.1, 0.15) is 0 Å². The Labute approximate surface area is 104 Å². The number of rotatable bonds is 5. The summed E-state index contributed by atoms with van der Waals surface area (Å²) >= 11 is 1.67. The van der Waals surface area contributed by atoms with Crippen LogP contribution >= 0.6 is 11.3 Å². The highest BCUT2D eigenvalue weighted by molar-refractivity contribution is 7.15. The largest absolute Gasteiger partial charge is 0.365 e. The highest BCUT2D eigenvalue weighted by Crippen LogP contribution is 2.19. The Morgan fingerprint density at radius 2 is 2.06 bits per heavy atom. The Morgan fingerprint density at radius 1 is 1.29 bits per heavy atom. The van der Waals surface area contributed by atoms with Gasteiger partial charge in [0.25, 0.3) is 0 Å². The van der Waals surface area contributed by atoms with Crippen LogP contribution in [0.2, 0.25) is 0 Å². The minimum Gasteiger partial charge on any atom is -0.365 e. The van der Waals surface area contributed by atoms with Crippen molar-refractivity contribution in [1.29, 1.82) is 0 Å². The van der Waals surface area contributed by atoms with Gasteiger partial charge in [-0.1, -0.05) is 0 Å². The van der Waals surface area contributed by atoms with Crippen LogP contribution in [-0.4, -0.2) is 28.0 Å². The summed E-state index contributed by atoms with van der Waals surface area (Å²) in [5.74, 6) is 0.665. The van der Waals surface area contributed by atoms with E-state index in [4.69, 9.17) is 0 Å². The van der Waals surface area contributed by atoms with Crippen molar-refractivity contribution >= 4 is 22.4 Å². The molecule has 2 aromatic heterocycles. The molecule has 17 heavy (non-hydrogen) atoms. The van der Waals surface area contributed by atoms with Gasteiger partial charge >= 0.3 is 0 Å². The van der Waals surface area contributed by atoms with E-state index in [-0.39, 0.29) is 6.04 Å². The summed E-state index contributed by atoms with van der Waals surface area (Å²) in [6.07, 6.45) is 6.28. The number of anilines is 2. The van der Waals surface area contributed by atoms with Crippen LogP contribution in [-0.2, 0) is 6.42 Å². The minimum atomic E-state index is 0.280. The molecule has 2 heterocycles. The molecule has 0 saturated heterocycles. The van der Waals surface area contributed by atoms with E-state index < -0.39 is 0 Å². The molecule has 0 radical (unpaired) electrons. The third-order valence-electron chi connectivity index (χ3n) is 2.22. The van der Waals surface area contributed by atoms with Crippen molar-refractivity contribution < 1.29 is 0 Å². The van der Waals surface area contributed by atoms with Gasteiger partial charge in [0.15, 0.2) is 5.13 Å². The summed E-state index contributed by atoms with van der Waals surface area (Å²) in [4.78, 5) is 13.8. The van der Waals surface area contributed by atoms with Crippen molar-refractivity contribution in [3.05, 3.63) is 29.5 Å². The van der Waals surface area contributed by atoms with Crippen LogP contribution < -0.4 is 10.6 Å². The number of thiazole rings is 1. The van der Waals surface area contributed by atoms with E-state index in [0.29, 0.717) is 5.95 Å². The second-order valence-corrected chi connectivity index (χ2v) is 4.82. The average Bonchev–Trinajstić information content (AvgIpc) is 2.78. The fraction of sp³-hybridized carbons (Fsp3) is 0.364. The zero-order valence-electron chi connectivity index (χ0n) is 9.84. The quantitative estimate of drug-likeness (QED) is 0.848. The van der Waals surface area contributed by atoms with Gasteiger partial charge in [0.2, 0.25) is 5.95 Å². The van der Waals surface area contributed by atoms with E-state index in [1.165, 1.54) is 4.88 Å². The molecule has 0 spiro atoms. The maximum Gasteiger partial charge on any atom is 0.222 e. The molecule has 6 heteroatoms. The van der Waals surface area contributed by atoms with Gasteiger partial charge in [-0.3, -0.25) is 0 Å². The average molecular weight is 249 g/mol. The van der Waals surface area contributed by atoms with Gasteiger partial charge < -0.3 is 10.6 Å². The molecular weight excluding hydrogens is 234 g/mol. The van der Waals surface area contributed by atoms with Crippen LogP contribution in [0.1, 0.15) is 11.8 Å². The van der Waals surface area contributed by atoms with Crippen LogP contribution in [0.15, 0.2) is 24.7 Å². The molecule has 0 bridgehead atoms. The molecule has 1 unspecified atom stereocenters. The fourth-order valence-corrected chi connectivity index (χ4v) is 2.36. The van der Waals surface area contributed by atoms with Crippen LogP contribution in [0.3, 0.4) is 0 Å². The molecular formula is C11H15N5S. The number of nitrogens with one attached hydrogen (secondary N) is 2. The second kappa shape index (κ2) is 5.58. The van der Waals surface area contributed by atoms with Crippen molar-refractivity contribution in [2.24, 2.45) is 0 Å². The first-order valence-corrected chi connectivity index (χ1v) is 6.25. The molecule has 2 N–H and O–H groups in total. The lowest BCUT2D eigenvalue weighted by atomic mass is 10.2. The Morgan fingerprint density at radius 3 is 2.71 bits per heavy atom. The third kappa shape index (κ3) is 3.39. The lowest BCUT2D eigenvalue weighted by Gasteiger charge is -2.11. The van der Waals surface area contributed by atoms with Gasteiger partial charge in [0.05, 0.1) is 0 Å². The van der Waals surface area contributed by atoms with Crippen molar-refractivity contribution in [1.82, 2.24) is 15.0 Å². The smallest absolute Gasteiger partial charge is 0.222 e. The van der Waals surface area contributed by atoms with E-state index >= 15 is 0 Å². The van der Waals surface area contributed by atoms with Crippen LogP contribution in [0.4, 0.5) is 11.1 Å². The SMILES string of the molecule is CNc1ncc(CC(C)Nc2ncccn2)s1. The van der Waals surface area contributed by atoms with Crippen molar-refractivity contribution in [3.8, 4) is 0 Å². The molecule has 90 valence electrons. The highest BCUT2D eigenvalue weighted by Gasteiger charge is 2.07. The third-order valence-corrected chi connectivity index (χ3v) is 3.25. The lowest BCUT2D eigenvalue weighted by molar-refractivity contribution is 0.785. The van der Waals surface area contributed by atoms with Crippen LogP contribution in [0.5, 0.6) is 0 Å². The Kier molecular flexibility index (Phi) is 3.87. The van der Waals surface area contributed by atoms with Crippen LogP contribution in [0, 0.1) is 0 Å². The summed E-state index contributed by atoms with van der Waals surface area (Å²) in [7, 11) is 1.88. The predicted octanol–water partition coefficient (Wildman–Crippen LogP) is 2.02. The zero-order valence-corrected chi connectivity index (χ0v) is 10.7. The number of hydrogen-bond acceptors (Lipinski definition) is 6. The summed E-state index contributed by atoms with van der Waals surface area (Å²) in [5.41, 5.74) is 0. The van der Waals surface area contributed by atoms with Crippen molar-refractivity contribution in [2.45, 2.75) is 19.4 Å². The first kappa shape index (κ1) is 11.8. The molecule has 0 aliphatic carbocycles. The molecule has 5 nitrogen and oxygen atoms in total. The fourth-order valence-electron chi connectivity index (χ4n) is 1.46. The first-order valence-electron chi connectivity index (χ1n) is 5.44. The number of aromatic nitrogens is 3. The van der Waals surface area contributed by atoms with E-state index in [1.54, 1.807) is 29.8 Å². The Balaban J connectivity index is 1.91. The molecule has 0 aromatic carbocycles. The molecule has 2 aromatic rings. The molecule has 0 saturated carbocycles. The number of nitrogens with zero attached hydrogens (tertiary/aromatic N) is 3. The molecule has 1 atom stereocenters. The van der Waals surface area contributed by atoms with Gasteiger partial charge in [-0.05, 0) is 13.0 Å². The maximum atomic E-state index is 4.24. The maximum absolute atomic E-state index is 4.24. The van der Waals surface area contributed by atoms with Crippen molar-refractivity contribution in [2.75, 3.05) is 17.7 Å². The van der Waals surface area contributed by atoms with Gasteiger partial charge in [-0.2, -0.15) is 0 Å². The topological polar surface area (TPSA) is 62.7 Å². The minimum absolute atomic E-state index is 0.280. The normalized spacial score (nSPS) is 12.1. The van der Waals surface area contributed by atoms with Crippen molar-refractivity contribution in [3.63, 3.8) is 0 Å². The number of hydrogen-bond donors (Lipinski definition) is 2. The highest BCUT2D eigenvalue weighted by atomic mass is 32.1. The van der Waals surface area contributed by atoms with E-state index in [1.807, 2.05) is 13.2 Å². The zero-order chi connectivity index (χ0) is 12.1. The standard InChI is InChI=1S/C11H15N5S/c1-8(16-10-13-4-3-5-14-10)6-9-7-15-11(12-2)17-9/h3-5,7-8H,6H2,1-2H3,(H,12,15)(H,13,14,16). The molecule has 0 fully saturated rings. The van der Waals surface area contributed by atoms with E-state index in [0.717, 1.165) is 11.6 Å². The monoisotopic (exact) mass is 249 g/mol. The molecule has 0 aliphatic heterocycles. The van der Waals surface area contributed by atoms with Gasteiger partial charge in [-0.25, -0.2) is 15.0 Å².